The van der Waals surface area contributed by atoms with Gasteiger partial charge in [0.05, 0.1) is 25.3 Å². The summed E-state index contributed by atoms with van der Waals surface area (Å²) < 4.78 is 11.6. The van der Waals surface area contributed by atoms with Gasteiger partial charge in [0.25, 0.3) is 5.56 Å². The zero-order valence-corrected chi connectivity index (χ0v) is 16.6. The van der Waals surface area contributed by atoms with Crippen LogP contribution in [0.2, 0.25) is 0 Å². The van der Waals surface area contributed by atoms with E-state index in [9.17, 15) is 14.4 Å². The van der Waals surface area contributed by atoms with Crippen molar-refractivity contribution in [3.8, 4) is 5.75 Å². The molecule has 0 amide bonds. The van der Waals surface area contributed by atoms with Crippen molar-refractivity contribution in [3.05, 3.63) is 51.1 Å². The van der Waals surface area contributed by atoms with E-state index in [1.54, 1.807) is 29.6 Å². The van der Waals surface area contributed by atoms with Crippen molar-refractivity contribution in [2.75, 3.05) is 14.2 Å². The maximum Gasteiger partial charge on any atom is 0.337 e. The molecular weight excluding hydrogens is 404 g/mol. The van der Waals surface area contributed by atoms with Gasteiger partial charge in [0, 0.05) is 11.3 Å². The molecule has 0 saturated carbocycles. The van der Waals surface area contributed by atoms with Crippen LogP contribution in [0.5, 0.6) is 5.75 Å². The Bertz CT molecular complexity index is 1110. The van der Waals surface area contributed by atoms with Gasteiger partial charge in [-0.15, -0.1) is 11.3 Å². The van der Waals surface area contributed by atoms with Gasteiger partial charge in [-0.05, 0) is 29.6 Å². The summed E-state index contributed by atoms with van der Waals surface area (Å²) >= 11 is 2.42. The maximum absolute atomic E-state index is 12.6. The fraction of sp³-hybridized carbons (Fsp3) is 0.222. The Morgan fingerprint density at radius 2 is 2.07 bits per heavy atom. The minimum atomic E-state index is -1.13. The molecule has 0 unspecified atom stereocenters. The quantitative estimate of drug-likeness (QED) is 0.353. The van der Waals surface area contributed by atoms with Crippen LogP contribution in [0.1, 0.15) is 15.9 Å². The molecule has 0 saturated heterocycles. The summed E-state index contributed by atoms with van der Waals surface area (Å²) in [7, 11) is 2.81. The largest absolute Gasteiger partial charge is 0.496 e. The molecule has 2 heterocycles. The van der Waals surface area contributed by atoms with Crippen molar-refractivity contribution in [1.29, 1.82) is 0 Å². The fourth-order valence-corrected chi connectivity index (χ4v) is 4.34. The molecule has 2 aromatic heterocycles. The number of thioether (sulfide) groups is 1. The number of nitrogens with zero attached hydrogens (tertiary/aromatic N) is 2. The van der Waals surface area contributed by atoms with E-state index >= 15 is 0 Å². The van der Waals surface area contributed by atoms with Gasteiger partial charge in [-0.3, -0.25) is 14.2 Å². The van der Waals surface area contributed by atoms with Crippen molar-refractivity contribution < 1.29 is 24.2 Å². The Labute approximate surface area is 167 Å². The fourth-order valence-electron chi connectivity index (χ4n) is 2.59. The molecule has 8 nitrogen and oxygen atoms in total. The minimum Gasteiger partial charge on any atom is -0.496 e. The Hall–Kier alpha value is -2.85. The molecule has 1 aromatic carbocycles. The minimum absolute atomic E-state index is 0.281. The highest BCUT2D eigenvalue weighted by molar-refractivity contribution is 7.98. The van der Waals surface area contributed by atoms with Crippen LogP contribution < -0.4 is 10.3 Å². The lowest BCUT2D eigenvalue weighted by Gasteiger charge is -2.12. The predicted molar refractivity (Wildman–Crippen MR) is 105 cm³/mol. The third-order valence-corrected chi connectivity index (χ3v) is 5.80. The normalized spacial score (nSPS) is 10.8. The molecule has 0 aliphatic rings. The van der Waals surface area contributed by atoms with Gasteiger partial charge in [-0.2, -0.15) is 0 Å². The van der Waals surface area contributed by atoms with E-state index in [1.165, 1.54) is 37.3 Å². The molecule has 0 bridgehead atoms. The molecule has 146 valence electrons. The highest BCUT2D eigenvalue weighted by atomic mass is 32.2. The number of hydrogen-bond donors (Lipinski definition) is 1. The van der Waals surface area contributed by atoms with Crippen LogP contribution in [0.4, 0.5) is 0 Å². The van der Waals surface area contributed by atoms with Crippen LogP contribution in [0.25, 0.3) is 10.2 Å². The number of carbonyl (C=O) groups excluding carboxylic acids is 1. The molecule has 3 aromatic rings. The smallest absolute Gasteiger partial charge is 0.337 e. The number of fused-ring (bicyclic) bond motifs is 1. The van der Waals surface area contributed by atoms with Gasteiger partial charge in [0.1, 0.15) is 17.0 Å². The highest BCUT2D eigenvalue weighted by Crippen LogP contribution is 2.29. The van der Waals surface area contributed by atoms with Gasteiger partial charge in [0.15, 0.2) is 5.16 Å². The molecule has 0 radical (unpaired) electrons. The first-order valence-corrected chi connectivity index (χ1v) is 9.89. The number of carbonyl (C=O) groups is 2. The van der Waals surface area contributed by atoms with Crippen molar-refractivity contribution in [2.45, 2.75) is 17.5 Å². The number of aromatic nitrogens is 2. The van der Waals surface area contributed by atoms with Crippen LogP contribution in [0, 0.1) is 0 Å². The number of thiophene rings is 1. The van der Waals surface area contributed by atoms with E-state index in [1.807, 2.05) is 0 Å². The first kappa shape index (κ1) is 19.9. The number of carboxylic acids is 1. The summed E-state index contributed by atoms with van der Waals surface area (Å²) in [4.78, 5) is 40.1. The summed E-state index contributed by atoms with van der Waals surface area (Å²) in [5, 5.41) is 11.2. The second-order valence-electron chi connectivity index (χ2n) is 5.62. The molecule has 0 aliphatic heterocycles. The topological polar surface area (TPSA) is 108 Å². The first-order chi connectivity index (χ1) is 13.4. The third-order valence-electron chi connectivity index (χ3n) is 3.88. The Kier molecular flexibility index (Phi) is 6.00. The van der Waals surface area contributed by atoms with E-state index in [-0.39, 0.29) is 10.7 Å². The number of esters is 1. The van der Waals surface area contributed by atoms with Gasteiger partial charge in [0.2, 0.25) is 0 Å². The van der Waals surface area contributed by atoms with Crippen molar-refractivity contribution >= 4 is 45.3 Å². The van der Waals surface area contributed by atoms with E-state index < -0.39 is 18.5 Å². The van der Waals surface area contributed by atoms with Gasteiger partial charge < -0.3 is 14.6 Å². The zero-order valence-electron chi connectivity index (χ0n) is 15.0. The average molecular weight is 420 g/mol. The molecule has 1 N–H and O–H groups in total. The number of ether oxygens (including phenoxy) is 2. The van der Waals surface area contributed by atoms with Crippen LogP contribution in [-0.2, 0) is 21.8 Å². The molecule has 0 spiro atoms. The van der Waals surface area contributed by atoms with Crippen LogP contribution in [-0.4, -0.2) is 40.8 Å². The molecule has 3 rings (SSSR count). The van der Waals surface area contributed by atoms with Crippen LogP contribution in [0.15, 0.2) is 39.6 Å². The summed E-state index contributed by atoms with van der Waals surface area (Å²) in [6, 6.07) is 6.60. The van der Waals surface area contributed by atoms with E-state index in [0.717, 1.165) is 4.57 Å². The molecule has 0 aliphatic carbocycles. The summed E-state index contributed by atoms with van der Waals surface area (Å²) in [6.45, 7) is -0.485. The summed E-state index contributed by atoms with van der Waals surface area (Å²) in [5.41, 5.74) is 1.19. The third kappa shape index (κ3) is 4.02. The number of carboxylic acid groups (broad SMARTS) is 1. The van der Waals surface area contributed by atoms with E-state index in [4.69, 9.17) is 14.6 Å². The van der Waals surface area contributed by atoms with Gasteiger partial charge >= 0.3 is 11.9 Å². The Balaban J connectivity index is 1.98. The van der Waals surface area contributed by atoms with Gasteiger partial charge in [-0.25, -0.2) is 9.78 Å². The molecular formula is C18H16N2O6S2. The molecule has 28 heavy (non-hydrogen) atoms. The lowest BCUT2D eigenvalue weighted by atomic mass is 10.1. The number of aliphatic carboxylic acids is 1. The Morgan fingerprint density at radius 3 is 2.75 bits per heavy atom. The monoisotopic (exact) mass is 420 g/mol. The lowest BCUT2D eigenvalue weighted by Crippen LogP contribution is -2.26. The number of hydrogen-bond acceptors (Lipinski definition) is 8. The summed E-state index contributed by atoms with van der Waals surface area (Å²) in [6.07, 6.45) is 0. The van der Waals surface area contributed by atoms with Crippen LogP contribution >= 0.6 is 23.1 Å². The van der Waals surface area contributed by atoms with E-state index in [2.05, 4.69) is 4.98 Å². The van der Waals surface area contributed by atoms with Crippen molar-refractivity contribution in [1.82, 2.24) is 9.55 Å². The standard InChI is InChI=1S/C18H16N2O6S2/c1-25-13-4-3-10(17(24)26-2)7-11(13)9-28-18-19-12-5-6-27-15(12)16(23)20(18)8-14(21)22/h3-7H,8-9H2,1-2H3,(H,21,22). The summed E-state index contributed by atoms with van der Waals surface area (Å²) in [5.74, 6) is -0.735. The number of methoxy groups -OCH3 is 2. The second-order valence-corrected chi connectivity index (χ2v) is 7.48. The second kappa shape index (κ2) is 8.44. The van der Waals surface area contributed by atoms with E-state index in [0.29, 0.717) is 32.8 Å². The maximum atomic E-state index is 12.6. The predicted octanol–water partition coefficient (Wildman–Crippen LogP) is 2.63. The van der Waals surface area contributed by atoms with Crippen LogP contribution in [0.3, 0.4) is 0 Å². The van der Waals surface area contributed by atoms with Gasteiger partial charge in [-0.1, -0.05) is 11.8 Å². The molecule has 0 fully saturated rings. The zero-order chi connectivity index (χ0) is 20.3. The van der Waals surface area contributed by atoms with Crippen molar-refractivity contribution in [3.63, 3.8) is 0 Å². The Morgan fingerprint density at radius 1 is 1.29 bits per heavy atom. The highest BCUT2D eigenvalue weighted by Gasteiger charge is 2.17. The lowest BCUT2D eigenvalue weighted by molar-refractivity contribution is -0.137. The number of rotatable bonds is 7. The average Bonchev–Trinajstić information content (AvgIpc) is 3.16. The number of benzene rings is 1. The SMILES string of the molecule is COC(=O)c1ccc(OC)c(CSc2nc3ccsc3c(=O)n2CC(=O)O)c1. The van der Waals surface area contributed by atoms with Crippen molar-refractivity contribution in [2.24, 2.45) is 0 Å². The molecule has 10 heteroatoms. The molecule has 0 atom stereocenters. The first-order valence-electron chi connectivity index (χ1n) is 8.02.